The van der Waals surface area contributed by atoms with Gasteiger partial charge in [0.25, 0.3) is 5.91 Å². The van der Waals surface area contributed by atoms with Gasteiger partial charge in [-0.1, -0.05) is 22.0 Å². The number of nitrogens with zero attached hydrogens (tertiary/aromatic N) is 5. The van der Waals surface area contributed by atoms with Crippen molar-refractivity contribution in [2.45, 2.75) is 0 Å². The summed E-state index contributed by atoms with van der Waals surface area (Å²) < 4.78 is 2.60. The molecule has 0 fully saturated rings. The fourth-order valence-corrected chi connectivity index (χ4v) is 2.55. The van der Waals surface area contributed by atoms with Crippen LogP contribution in [0.2, 0.25) is 0 Å². The number of H-pyrrole nitrogens is 1. The molecule has 26 heavy (non-hydrogen) atoms. The van der Waals surface area contributed by atoms with Gasteiger partial charge in [-0.05, 0) is 36.4 Å². The van der Waals surface area contributed by atoms with E-state index >= 15 is 0 Å². The van der Waals surface area contributed by atoms with E-state index < -0.39 is 0 Å². The van der Waals surface area contributed by atoms with Crippen LogP contribution in [0.1, 0.15) is 10.4 Å². The fourth-order valence-electron chi connectivity index (χ4n) is 2.28. The van der Waals surface area contributed by atoms with Gasteiger partial charge in [-0.2, -0.15) is 10.1 Å². The van der Waals surface area contributed by atoms with E-state index in [1.54, 1.807) is 23.1 Å². The van der Waals surface area contributed by atoms with E-state index in [0.717, 1.165) is 10.2 Å². The maximum Gasteiger partial charge on any atom is 0.261 e. The summed E-state index contributed by atoms with van der Waals surface area (Å²) in [6.07, 6.45) is 4.79. The average molecular weight is 410 g/mol. The van der Waals surface area contributed by atoms with Crippen LogP contribution in [0.3, 0.4) is 0 Å². The number of benzene rings is 1. The molecule has 0 aliphatic heterocycles. The molecule has 0 radical (unpaired) electrons. The predicted molar refractivity (Wildman–Crippen MR) is 98.8 cm³/mol. The number of rotatable bonds is 4. The molecule has 4 aromatic rings. The van der Waals surface area contributed by atoms with Crippen molar-refractivity contribution in [1.82, 2.24) is 29.9 Å². The summed E-state index contributed by atoms with van der Waals surface area (Å²) in [4.78, 5) is 20.8. The Labute approximate surface area is 156 Å². The van der Waals surface area contributed by atoms with Gasteiger partial charge in [-0.25, -0.2) is 4.68 Å². The van der Waals surface area contributed by atoms with Crippen molar-refractivity contribution in [3.8, 4) is 17.2 Å². The van der Waals surface area contributed by atoms with Crippen molar-refractivity contribution >= 4 is 27.8 Å². The second kappa shape index (κ2) is 6.89. The lowest BCUT2D eigenvalue weighted by atomic mass is 10.3. The van der Waals surface area contributed by atoms with Crippen LogP contribution in [0.15, 0.2) is 65.5 Å². The summed E-state index contributed by atoms with van der Waals surface area (Å²) >= 11 is 3.39. The summed E-state index contributed by atoms with van der Waals surface area (Å²) in [6, 6.07) is 13.1. The Kier molecular flexibility index (Phi) is 4.28. The summed E-state index contributed by atoms with van der Waals surface area (Å²) in [5.41, 5.74) is 1.89. The number of pyridine rings is 1. The summed E-state index contributed by atoms with van der Waals surface area (Å²) in [7, 11) is 0. The van der Waals surface area contributed by atoms with E-state index in [1.807, 2.05) is 36.4 Å². The first-order valence-corrected chi connectivity index (χ1v) is 8.44. The number of anilines is 1. The Morgan fingerprint density at radius 3 is 2.77 bits per heavy atom. The largest absolute Gasteiger partial charge is 0.289 e. The van der Waals surface area contributed by atoms with Gasteiger partial charge in [0.05, 0.1) is 17.4 Å². The van der Waals surface area contributed by atoms with Gasteiger partial charge in [-0.15, -0.1) is 5.10 Å². The molecule has 0 aliphatic carbocycles. The zero-order valence-electron chi connectivity index (χ0n) is 13.3. The lowest BCUT2D eigenvalue weighted by Gasteiger charge is -2.00. The third kappa shape index (κ3) is 3.38. The topological polar surface area (TPSA) is 101 Å². The summed E-state index contributed by atoms with van der Waals surface area (Å²) in [5.74, 6) is 0.304. The zero-order valence-corrected chi connectivity index (χ0v) is 14.9. The molecule has 3 heterocycles. The quantitative estimate of drug-likeness (QED) is 0.539. The standard InChI is InChI=1S/C17H12BrN7O/c18-12-4-6-13(7-5-12)25-10-11(9-20-25)16(26)22-17-21-15(23-24-17)14-3-1-2-8-19-14/h1-10H,(H2,21,22,23,24,26). The molecule has 2 N–H and O–H groups in total. The van der Waals surface area contributed by atoms with Crippen molar-refractivity contribution < 1.29 is 4.79 Å². The molecule has 0 saturated heterocycles. The van der Waals surface area contributed by atoms with E-state index in [0.29, 0.717) is 17.1 Å². The SMILES string of the molecule is O=C(Nc1n[nH]c(-c2ccccn2)n1)c1cnn(-c2ccc(Br)cc2)c1. The Morgan fingerprint density at radius 1 is 1.15 bits per heavy atom. The molecule has 1 aromatic carbocycles. The molecular formula is C17H12BrN7O. The highest BCUT2D eigenvalue weighted by molar-refractivity contribution is 9.10. The predicted octanol–water partition coefficient (Wildman–Crippen LogP) is 3.07. The fraction of sp³-hybridized carbons (Fsp3) is 0. The molecule has 0 atom stereocenters. The van der Waals surface area contributed by atoms with Gasteiger partial charge >= 0.3 is 0 Å². The van der Waals surface area contributed by atoms with Crippen LogP contribution >= 0.6 is 15.9 Å². The number of hydrogen-bond donors (Lipinski definition) is 2. The number of nitrogens with one attached hydrogen (secondary N) is 2. The van der Waals surface area contributed by atoms with Crippen LogP contribution in [0.5, 0.6) is 0 Å². The van der Waals surface area contributed by atoms with Crippen molar-refractivity contribution in [2.24, 2.45) is 0 Å². The first-order chi connectivity index (χ1) is 12.7. The van der Waals surface area contributed by atoms with Crippen LogP contribution in [0, 0.1) is 0 Å². The Morgan fingerprint density at radius 2 is 2.00 bits per heavy atom. The number of carbonyl (C=O) groups excluding carboxylic acids is 1. The van der Waals surface area contributed by atoms with Gasteiger partial charge in [-0.3, -0.25) is 20.2 Å². The van der Waals surface area contributed by atoms with Crippen molar-refractivity contribution in [3.05, 3.63) is 71.1 Å². The monoisotopic (exact) mass is 409 g/mol. The lowest BCUT2D eigenvalue weighted by molar-refractivity contribution is 0.102. The average Bonchev–Trinajstić information content (AvgIpc) is 3.33. The molecule has 0 unspecified atom stereocenters. The van der Waals surface area contributed by atoms with Crippen LogP contribution < -0.4 is 5.32 Å². The van der Waals surface area contributed by atoms with E-state index in [-0.39, 0.29) is 11.9 Å². The van der Waals surface area contributed by atoms with Crippen molar-refractivity contribution in [2.75, 3.05) is 5.32 Å². The van der Waals surface area contributed by atoms with E-state index in [9.17, 15) is 4.79 Å². The Balaban J connectivity index is 1.49. The molecule has 4 rings (SSSR count). The number of carbonyl (C=O) groups is 1. The summed E-state index contributed by atoms with van der Waals surface area (Å²) in [6.45, 7) is 0. The second-order valence-electron chi connectivity index (χ2n) is 5.33. The Hall–Kier alpha value is -3.33. The molecular weight excluding hydrogens is 398 g/mol. The molecule has 128 valence electrons. The van der Waals surface area contributed by atoms with Crippen LogP contribution in [-0.4, -0.2) is 35.9 Å². The maximum atomic E-state index is 12.4. The third-order valence-corrected chi connectivity index (χ3v) is 4.08. The van der Waals surface area contributed by atoms with Crippen LogP contribution in [0.25, 0.3) is 17.2 Å². The highest BCUT2D eigenvalue weighted by Gasteiger charge is 2.13. The van der Waals surface area contributed by atoms with Crippen molar-refractivity contribution in [1.29, 1.82) is 0 Å². The highest BCUT2D eigenvalue weighted by Crippen LogP contribution is 2.15. The minimum Gasteiger partial charge on any atom is -0.289 e. The number of aromatic nitrogens is 6. The van der Waals surface area contributed by atoms with Gasteiger partial charge in [0.15, 0.2) is 5.82 Å². The smallest absolute Gasteiger partial charge is 0.261 e. The lowest BCUT2D eigenvalue weighted by Crippen LogP contribution is -2.12. The van der Waals surface area contributed by atoms with Gasteiger partial charge in [0.1, 0.15) is 5.69 Å². The molecule has 0 saturated carbocycles. The van der Waals surface area contributed by atoms with E-state index in [2.05, 4.69) is 46.5 Å². The molecule has 0 spiro atoms. The third-order valence-electron chi connectivity index (χ3n) is 3.55. The van der Waals surface area contributed by atoms with Crippen LogP contribution in [-0.2, 0) is 0 Å². The highest BCUT2D eigenvalue weighted by atomic mass is 79.9. The molecule has 9 heteroatoms. The molecule has 3 aromatic heterocycles. The summed E-state index contributed by atoms with van der Waals surface area (Å²) in [5, 5.41) is 13.6. The molecule has 1 amide bonds. The number of amides is 1. The minimum absolute atomic E-state index is 0.173. The first-order valence-electron chi connectivity index (χ1n) is 7.65. The molecule has 0 aliphatic rings. The second-order valence-corrected chi connectivity index (χ2v) is 6.24. The molecule has 8 nitrogen and oxygen atoms in total. The van der Waals surface area contributed by atoms with Gasteiger partial charge in [0.2, 0.25) is 5.95 Å². The maximum absolute atomic E-state index is 12.4. The number of hydrogen-bond acceptors (Lipinski definition) is 5. The molecule has 0 bridgehead atoms. The van der Waals surface area contributed by atoms with Gasteiger partial charge < -0.3 is 0 Å². The zero-order chi connectivity index (χ0) is 17.9. The van der Waals surface area contributed by atoms with E-state index in [1.165, 1.54) is 6.20 Å². The number of halogens is 1. The van der Waals surface area contributed by atoms with Gasteiger partial charge in [0, 0.05) is 16.9 Å². The Bertz CT molecular complexity index is 1040. The van der Waals surface area contributed by atoms with E-state index in [4.69, 9.17) is 0 Å². The number of aromatic amines is 1. The first kappa shape index (κ1) is 16.2. The van der Waals surface area contributed by atoms with Crippen LogP contribution in [0.4, 0.5) is 5.95 Å². The van der Waals surface area contributed by atoms with Crippen molar-refractivity contribution in [3.63, 3.8) is 0 Å². The minimum atomic E-state index is -0.347. The normalized spacial score (nSPS) is 10.7.